The van der Waals surface area contributed by atoms with Gasteiger partial charge in [0.15, 0.2) is 0 Å². The first kappa shape index (κ1) is 15.5. The van der Waals surface area contributed by atoms with Crippen molar-refractivity contribution in [2.75, 3.05) is 12.4 Å². The number of nitrogens with zero attached hydrogens (tertiary/aromatic N) is 1. The molecular formula is C19H19N3O3. The first-order chi connectivity index (χ1) is 11.9. The van der Waals surface area contributed by atoms with E-state index in [-0.39, 0.29) is 11.5 Å². The number of amides is 1. The number of ether oxygens (including phenoxy) is 2. The van der Waals surface area contributed by atoms with Crippen LogP contribution in [0.4, 0.5) is 5.69 Å². The van der Waals surface area contributed by atoms with E-state index in [9.17, 15) is 4.79 Å². The van der Waals surface area contributed by atoms with Crippen LogP contribution in [0.5, 0.6) is 11.6 Å². The molecule has 2 aromatic heterocycles. The highest BCUT2D eigenvalue weighted by atomic mass is 16.5. The van der Waals surface area contributed by atoms with E-state index in [1.165, 1.54) is 0 Å². The number of carbonyl (C=O) groups is 1. The largest absolute Gasteiger partial charge is 0.485 e. The molecule has 1 aliphatic heterocycles. The molecule has 2 N–H and O–H groups in total. The topological polar surface area (TPSA) is 76.2 Å². The van der Waals surface area contributed by atoms with Crippen molar-refractivity contribution in [1.29, 1.82) is 0 Å². The normalized spacial score (nSPS) is 14.8. The number of rotatable bonds is 3. The molecular weight excluding hydrogens is 318 g/mol. The average molecular weight is 337 g/mol. The summed E-state index contributed by atoms with van der Waals surface area (Å²) in [5.74, 6) is 1.01. The van der Waals surface area contributed by atoms with Crippen molar-refractivity contribution in [2.45, 2.75) is 25.9 Å². The van der Waals surface area contributed by atoms with E-state index >= 15 is 0 Å². The summed E-state index contributed by atoms with van der Waals surface area (Å²) in [6.07, 6.45) is 0.822. The zero-order valence-corrected chi connectivity index (χ0v) is 14.3. The minimum absolute atomic E-state index is 0.237. The van der Waals surface area contributed by atoms with Gasteiger partial charge in [0.05, 0.1) is 12.8 Å². The smallest absolute Gasteiger partial charge is 0.272 e. The van der Waals surface area contributed by atoms with Gasteiger partial charge in [-0.3, -0.25) is 4.79 Å². The summed E-state index contributed by atoms with van der Waals surface area (Å²) in [5.41, 5.74) is 2.57. The van der Waals surface area contributed by atoms with E-state index in [0.717, 1.165) is 23.1 Å². The summed E-state index contributed by atoms with van der Waals surface area (Å²) in [5, 5.41) is 3.78. The highest BCUT2D eigenvalue weighted by molar-refractivity contribution is 6.06. The number of benzene rings is 1. The predicted molar refractivity (Wildman–Crippen MR) is 95.5 cm³/mol. The van der Waals surface area contributed by atoms with Crippen LogP contribution in [-0.2, 0) is 6.42 Å². The molecule has 0 fully saturated rings. The lowest BCUT2D eigenvalue weighted by Gasteiger charge is -2.18. The van der Waals surface area contributed by atoms with Crippen LogP contribution in [0.15, 0.2) is 36.4 Å². The van der Waals surface area contributed by atoms with Crippen LogP contribution in [0, 0.1) is 0 Å². The molecule has 0 saturated carbocycles. The van der Waals surface area contributed by atoms with Crippen molar-refractivity contribution in [3.63, 3.8) is 0 Å². The lowest BCUT2D eigenvalue weighted by molar-refractivity contribution is 0.102. The van der Waals surface area contributed by atoms with Gasteiger partial charge in [0, 0.05) is 23.4 Å². The SMILES string of the molecule is COc1ccc2cc(C(=O)Nc3cccc4c3OC(C)(C)C4)[nH]c2n1. The minimum atomic E-state index is -0.259. The van der Waals surface area contributed by atoms with Gasteiger partial charge in [-0.1, -0.05) is 12.1 Å². The first-order valence-electron chi connectivity index (χ1n) is 8.11. The number of pyridine rings is 1. The van der Waals surface area contributed by atoms with Crippen LogP contribution in [-0.4, -0.2) is 28.6 Å². The second kappa shape index (κ2) is 5.51. The van der Waals surface area contributed by atoms with Gasteiger partial charge in [0.1, 0.15) is 22.7 Å². The molecule has 128 valence electrons. The van der Waals surface area contributed by atoms with Crippen LogP contribution in [0.25, 0.3) is 11.0 Å². The zero-order valence-electron chi connectivity index (χ0n) is 14.3. The maximum absolute atomic E-state index is 12.6. The molecule has 25 heavy (non-hydrogen) atoms. The average Bonchev–Trinajstić information content (AvgIpc) is 3.13. The number of carbonyl (C=O) groups excluding carboxylic acids is 1. The van der Waals surface area contributed by atoms with Crippen LogP contribution in [0.3, 0.4) is 0 Å². The third-order valence-corrected chi connectivity index (χ3v) is 4.25. The number of aromatic amines is 1. The molecule has 4 rings (SSSR count). The molecule has 0 atom stereocenters. The van der Waals surface area contributed by atoms with Crippen molar-refractivity contribution in [1.82, 2.24) is 9.97 Å². The Labute approximate surface area is 145 Å². The molecule has 0 radical (unpaired) electrons. The van der Waals surface area contributed by atoms with Crippen molar-refractivity contribution in [3.8, 4) is 11.6 Å². The lowest BCUT2D eigenvalue weighted by Crippen LogP contribution is -2.25. The zero-order chi connectivity index (χ0) is 17.6. The summed E-state index contributed by atoms with van der Waals surface area (Å²) in [6, 6.07) is 11.2. The number of aromatic nitrogens is 2. The number of anilines is 1. The molecule has 1 aromatic carbocycles. The van der Waals surface area contributed by atoms with Crippen LogP contribution in [0.2, 0.25) is 0 Å². The second-order valence-corrected chi connectivity index (χ2v) is 6.76. The van der Waals surface area contributed by atoms with Gasteiger partial charge in [-0.05, 0) is 32.0 Å². The number of H-pyrrole nitrogens is 1. The van der Waals surface area contributed by atoms with Crippen molar-refractivity contribution in [3.05, 3.63) is 47.7 Å². The lowest BCUT2D eigenvalue weighted by atomic mass is 10.0. The number of fused-ring (bicyclic) bond motifs is 2. The Bertz CT molecular complexity index is 975. The Hall–Kier alpha value is -3.02. The monoisotopic (exact) mass is 337 g/mol. The fraction of sp³-hybridized carbons (Fsp3) is 0.263. The molecule has 1 aliphatic rings. The molecule has 0 spiro atoms. The molecule has 3 heterocycles. The van der Waals surface area contributed by atoms with Crippen LogP contribution >= 0.6 is 0 Å². The third kappa shape index (κ3) is 2.80. The minimum Gasteiger partial charge on any atom is -0.485 e. The molecule has 6 nitrogen and oxygen atoms in total. The number of methoxy groups -OCH3 is 1. The highest BCUT2D eigenvalue weighted by Crippen LogP contribution is 2.40. The van der Waals surface area contributed by atoms with E-state index < -0.39 is 0 Å². The molecule has 1 amide bonds. The molecule has 0 saturated heterocycles. The summed E-state index contributed by atoms with van der Waals surface area (Å²) < 4.78 is 11.1. The summed E-state index contributed by atoms with van der Waals surface area (Å²) in [4.78, 5) is 20.0. The summed E-state index contributed by atoms with van der Waals surface area (Å²) >= 11 is 0. The van der Waals surface area contributed by atoms with Gasteiger partial charge < -0.3 is 19.8 Å². The number of nitrogens with one attached hydrogen (secondary N) is 2. The van der Waals surface area contributed by atoms with E-state index in [2.05, 4.69) is 15.3 Å². The Morgan fingerprint density at radius 1 is 1.32 bits per heavy atom. The van der Waals surface area contributed by atoms with Gasteiger partial charge in [-0.25, -0.2) is 0 Å². The molecule has 0 unspecified atom stereocenters. The van der Waals surface area contributed by atoms with Gasteiger partial charge >= 0.3 is 0 Å². The first-order valence-corrected chi connectivity index (χ1v) is 8.11. The van der Waals surface area contributed by atoms with Gasteiger partial charge in [0.25, 0.3) is 5.91 Å². The maximum Gasteiger partial charge on any atom is 0.272 e. The van der Waals surface area contributed by atoms with Gasteiger partial charge in [-0.15, -0.1) is 0 Å². The van der Waals surface area contributed by atoms with Crippen molar-refractivity contribution >= 4 is 22.6 Å². The molecule has 0 bridgehead atoms. The number of hydrogen-bond donors (Lipinski definition) is 2. The van der Waals surface area contributed by atoms with Gasteiger partial charge in [-0.2, -0.15) is 4.98 Å². The van der Waals surface area contributed by atoms with Gasteiger partial charge in [0.2, 0.25) is 5.88 Å². The second-order valence-electron chi connectivity index (χ2n) is 6.76. The maximum atomic E-state index is 12.6. The Morgan fingerprint density at radius 2 is 2.16 bits per heavy atom. The third-order valence-electron chi connectivity index (χ3n) is 4.25. The summed E-state index contributed by atoms with van der Waals surface area (Å²) in [7, 11) is 1.56. The number of hydrogen-bond acceptors (Lipinski definition) is 4. The standard InChI is InChI=1S/C19H19N3O3/c1-19(2)10-12-5-4-6-13(16(12)25-19)21-18(23)14-9-11-7-8-15(24-3)22-17(11)20-14/h4-9H,10H2,1-3H3,(H,20,22)(H,21,23). The molecule has 0 aliphatic carbocycles. The predicted octanol–water partition coefficient (Wildman–Crippen LogP) is 3.54. The highest BCUT2D eigenvalue weighted by Gasteiger charge is 2.32. The molecule has 3 aromatic rings. The van der Waals surface area contributed by atoms with E-state index in [1.807, 2.05) is 38.1 Å². The Morgan fingerprint density at radius 3 is 2.96 bits per heavy atom. The van der Waals surface area contributed by atoms with Crippen LogP contribution in [0.1, 0.15) is 29.9 Å². The van der Waals surface area contributed by atoms with E-state index in [0.29, 0.717) is 22.9 Å². The Balaban J connectivity index is 1.62. The quantitative estimate of drug-likeness (QED) is 0.766. The fourth-order valence-corrected chi connectivity index (χ4v) is 3.13. The van der Waals surface area contributed by atoms with Crippen molar-refractivity contribution < 1.29 is 14.3 Å². The van der Waals surface area contributed by atoms with Crippen molar-refractivity contribution in [2.24, 2.45) is 0 Å². The molecule has 6 heteroatoms. The number of para-hydroxylation sites is 1. The van der Waals surface area contributed by atoms with Crippen LogP contribution < -0.4 is 14.8 Å². The Kier molecular flexibility index (Phi) is 3.42. The van der Waals surface area contributed by atoms with E-state index in [1.54, 1.807) is 19.2 Å². The summed E-state index contributed by atoms with van der Waals surface area (Å²) in [6.45, 7) is 4.07. The fourth-order valence-electron chi connectivity index (χ4n) is 3.13. The van der Waals surface area contributed by atoms with E-state index in [4.69, 9.17) is 9.47 Å².